The molecule has 0 bridgehead atoms. The lowest BCUT2D eigenvalue weighted by Gasteiger charge is -2.22. The van der Waals surface area contributed by atoms with Crippen molar-refractivity contribution < 1.29 is 4.74 Å². The van der Waals surface area contributed by atoms with Crippen LogP contribution in [-0.2, 0) is 16.9 Å². The molecule has 1 atom stereocenters. The zero-order valence-corrected chi connectivity index (χ0v) is 10.3. The highest BCUT2D eigenvalue weighted by molar-refractivity contribution is 5.27. The molecule has 1 saturated heterocycles. The minimum atomic E-state index is -0.253. The van der Waals surface area contributed by atoms with Crippen molar-refractivity contribution in [1.82, 2.24) is 14.8 Å². The Hall–Kier alpha value is -1.10. The number of aromatic nitrogens is 3. The Balaban J connectivity index is 2.33. The zero-order valence-electron chi connectivity index (χ0n) is 10.3. The van der Waals surface area contributed by atoms with Crippen LogP contribution in [0.3, 0.4) is 0 Å². The summed E-state index contributed by atoms with van der Waals surface area (Å²) in [7, 11) is 0. The Morgan fingerprint density at radius 3 is 2.81 bits per heavy atom. The average molecular weight is 224 g/mol. The van der Waals surface area contributed by atoms with Crippen LogP contribution in [0.25, 0.3) is 0 Å². The van der Waals surface area contributed by atoms with Crippen molar-refractivity contribution in [2.45, 2.75) is 45.8 Å². The second kappa shape index (κ2) is 4.41. The minimum Gasteiger partial charge on any atom is -0.367 e. The van der Waals surface area contributed by atoms with Crippen molar-refractivity contribution in [3.63, 3.8) is 0 Å². The predicted octanol–water partition coefficient (Wildman–Crippen LogP) is 1.76. The van der Waals surface area contributed by atoms with Gasteiger partial charge in [-0.2, -0.15) is 0 Å². The van der Waals surface area contributed by atoms with Crippen molar-refractivity contribution in [2.75, 3.05) is 18.5 Å². The molecule has 5 nitrogen and oxygen atoms in total. The van der Waals surface area contributed by atoms with Gasteiger partial charge in [0.15, 0.2) is 5.82 Å². The molecule has 1 unspecified atom stereocenters. The van der Waals surface area contributed by atoms with Gasteiger partial charge in [-0.3, -0.25) is 4.57 Å². The van der Waals surface area contributed by atoms with Crippen molar-refractivity contribution in [3.05, 3.63) is 5.82 Å². The van der Waals surface area contributed by atoms with Crippen LogP contribution >= 0.6 is 0 Å². The van der Waals surface area contributed by atoms with Gasteiger partial charge in [0, 0.05) is 19.7 Å². The summed E-state index contributed by atoms with van der Waals surface area (Å²) < 4.78 is 7.92. The molecule has 16 heavy (non-hydrogen) atoms. The summed E-state index contributed by atoms with van der Waals surface area (Å²) in [4.78, 5) is 0. The summed E-state index contributed by atoms with van der Waals surface area (Å²) in [6.07, 6.45) is 2.13. The van der Waals surface area contributed by atoms with Gasteiger partial charge < -0.3 is 10.1 Å². The molecule has 0 aromatic carbocycles. The molecule has 0 saturated carbocycles. The lowest BCUT2D eigenvalue weighted by atomic mass is 10.0. The standard InChI is InChI=1S/C11H20N4O/c1-4-12-10-14-13-9(15(10)5-2)11(3)7-6-8-16-11/h4-8H2,1-3H3,(H,12,14). The van der Waals surface area contributed by atoms with Crippen LogP contribution < -0.4 is 5.32 Å². The zero-order chi connectivity index (χ0) is 11.6. The van der Waals surface area contributed by atoms with E-state index < -0.39 is 0 Å². The van der Waals surface area contributed by atoms with Gasteiger partial charge in [-0.25, -0.2) is 0 Å². The van der Waals surface area contributed by atoms with E-state index in [1.54, 1.807) is 0 Å². The predicted molar refractivity (Wildman–Crippen MR) is 62.4 cm³/mol. The molecule has 1 aliphatic rings. The molecule has 1 aromatic heterocycles. The van der Waals surface area contributed by atoms with Crippen LogP contribution in [0, 0.1) is 0 Å². The Morgan fingerprint density at radius 1 is 1.44 bits per heavy atom. The topological polar surface area (TPSA) is 52.0 Å². The normalized spacial score (nSPS) is 24.9. The Morgan fingerprint density at radius 2 is 2.25 bits per heavy atom. The van der Waals surface area contributed by atoms with Crippen molar-refractivity contribution in [3.8, 4) is 0 Å². The maximum atomic E-state index is 5.81. The number of anilines is 1. The van der Waals surface area contributed by atoms with Gasteiger partial charge in [0.1, 0.15) is 5.60 Å². The average Bonchev–Trinajstić information content (AvgIpc) is 2.86. The van der Waals surface area contributed by atoms with E-state index >= 15 is 0 Å². The van der Waals surface area contributed by atoms with Crippen LogP contribution in [0.15, 0.2) is 0 Å². The fraction of sp³-hybridized carbons (Fsp3) is 0.818. The first-order valence-electron chi connectivity index (χ1n) is 6.02. The van der Waals surface area contributed by atoms with E-state index in [0.717, 1.165) is 44.3 Å². The molecule has 0 radical (unpaired) electrons. The first-order chi connectivity index (χ1) is 7.71. The molecule has 1 aliphatic heterocycles. The number of hydrogen-bond acceptors (Lipinski definition) is 4. The van der Waals surface area contributed by atoms with Crippen LogP contribution in [0.4, 0.5) is 5.95 Å². The molecule has 1 fully saturated rings. The smallest absolute Gasteiger partial charge is 0.224 e. The quantitative estimate of drug-likeness (QED) is 0.846. The van der Waals surface area contributed by atoms with Gasteiger partial charge in [0.2, 0.25) is 5.95 Å². The maximum absolute atomic E-state index is 5.81. The molecule has 90 valence electrons. The lowest BCUT2D eigenvalue weighted by Crippen LogP contribution is -2.25. The molecule has 0 spiro atoms. The van der Waals surface area contributed by atoms with Gasteiger partial charge in [-0.15, -0.1) is 10.2 Å². The Kier molecular flexibility index (Phi) is 3.14. The van der Waals surface area contributed by atoms with Crippen LogP contribution in [0.1, 0.15) is 39.4 Å². The van der Waals surface area contributed by atoms with E-state index in [4.69, 9.17) is 4.74 Å². The monoisotopic (exact) mass is 224 g/mol. The van der Waals surface area contributed by atoms with Crippen LogP contribution in [-0.4, -0.2) is 27.9 Å². The second-order valence-corrected chi connectivity index (χ2v) is 4.30. The highest BCUT2D eigenvalue weighted by Crippen LogP contribution is 2.35. The maximum Gasteiger partial charge on any atom is 0.224 e. The third-order valence-corrected chi connectivity index (χ3v) is 3.09. The highest BCUT2D eigenvalue weighted by Gasteiger charge is 2.37. The summed E-state index contributed by atoms with van der Waals surface area (Å²) in [6, 6.07) is 0. The Labute approximate surface area is 96.2 Å². The SMILES string of the molecule is CCNc1nnc(C2(C)CCCO2)n1CC. The highest BCUT2D eigenvalue weighted by atomic mass is 16.5. The molecular formula is C11H20N4O. The Bertz CT molecular complexity index is 355. The largest absolute Gasteiger partial charge is 0.367 e. The summed E-state index contributed by atoms with van der Waals surface area (Å²) in [6.45, 7) is 8.81. The number of hydrogen-bond donors (Lipinski definition) is 1. The summed E-state index contributed by atoms with van der Waals surface area (Å²) in [5.41, 5.74) is -0.253. The summed E-state index contributed by atoms with van der Waals surface area (Å²) in [5, 5.41) is 11.7. The van der Waals surface area contributed by atoms with Gasteiger partial charge >= 0.3 is 0 Å². The van der Waals surface area contributed by atoms with Crippen LogP contribution in [0.2, 0.25) is 0 Å². The number of ether oxygens (including phenoxy) is 1. The molecule has 0 aliphatic carbocycles. The third kappa shape index (κ3) is 1.80. The fourth-order valence-electron chi connectivity index (χ4n) is 2.24. The van der Waals surface area contributed by atoms with E-state index in [2.05, 4.69) is 40.9 Å². The van der Waals surface area contributed by atoms with Gasteiger partial charge in [-0.05, 0) is 33.6 Å². The van der Waals surface area contributed by atoms with Gasteiger partial charge in [0.25, 0.3) is 0 Å². The van der Waals surface area contributed by atoms with Crippen LogP contribution in [0.5, 0.6) is 0 Å². The fourth-order valence-corrected chi connectivity index (χ4v) is 2.24. The minimum absolute atomic E-state index is 0.253. The number of nitrogens with one attached hydrogen (secondary N) is 1. The lowest BCUT2D eigenvalue weighted by molar-refractivity contribution is 0.00643. The van der Waals surface area contributed by atoms with Crippen molar-refractivity contribution >= 4 is 5.95 Å². The van der Waals surface area contributed by atoms with E-state index in [1.807, 2.05) is 0 Å². The molecular weight excluding hydrogens is 204 g/mol. The molecule has 2 rings (SSSR count). The summed E-state index contributed by atoms with van der Waals surface area (Å²) >= 11 is 0. The molecule has 0 amide bonds. The first-order valence-corrected chi connectivity index (χ1v) is 6.02. The molecule has 2 heterocycles. The van der Waals surface area contributed by atoms with E-state index in [0.29, 0.717) is 0 Å². The summed E-state index contributed by atoms with van der Waals surface area (Å²) in [5.74, 6) is 1.79. The number of rotatable bonds is 4. The van der Waals surface area contributed by atoms with Crippen molar-refractivity contribution in [2.24, 2.45) is 0 Å². The van der Waals surface area contributed by atoms with E-state index in [-0.39, 0.29) is 5.60 Å². The second-order valence-electron chi connectivity index (χ2n) is 4.30. The number of nitrogens with zero attached hydrogens (tertiary/aromatic N) is 3. The van der Waals surface area contributed by atoms with Gasteiger partial charge in [0.05, 0.1) is 0 Å². The van der Waals surface area contributed by atoms with Gasteiger partial charge in [-0.1, -0.05) is 0 Å². The first kappa shape index (κ1) is 11.4. The molecule has 1 aromatic rings. The van der Waals surface area contributed by atoms with E-state index in [1.165, 1.54) is 0 Å². The van der Waals surface area contributed by atoms with Crippen molar-refractivity contribution in [1.29, 1.82) is 0 Å². The molecule has 1 N–H and O–H groups in total. The molecule has 5 heteroatoms. The third-order valence-electron chi connectivity index (χ3n) is 3.09. The van der Waals surface area contributed by atoms with E-state index in [9.17, 15) is 0 Å².